The molecule has 0 radical (unpaired) electrons. The smallest absolute Gasteiger partial charge is 0.407 e. The molecule has 0 saturated heterocycles. The molecule has 3 rings (SSSR count). The molecule has 2 N–H and O–H groups in total. The summed E-state index contributed by atoms with van der Waals surface area (Å²) in [6, 6.07) is 8.66. The van der Waals surface area contributed by atoms with Crippen molar-refractivity contribution in [1.82, 2.24) is 10.5 Å². The van der Waals surface area contributed by atoms with E-state index in [2.05, 4.69) is 15.2 Å². The van der Waals surface area contributed by atoms with Crippen LogP contribution in [0.15, 0.2) is 39.8 Å². The third-order valence-corrected chi connectivity index (χ3v) is 6.53. The number of methoxy groups -OCH3 is 1. The van der Waals surface area contributed by atoms with E-state index in [0.717, 1.165) is 16.7 Å². The van der Waals surface area contributed by atoms with Crippen molar-refractivity contribution in [2.24, 2.45) is 0 Å². The van der Waals surface area contributed by atoms with Crippen LogP contribution in [0.4, 0.5) is 10.6 Å². The first-order valence-electron chi connectivity index (χ1n) is 11.6. The van der Waals surface area contributed by atoms with Crippen LogP contribution in [0, 0.1) is 6.92 Å². The second kappa shape index (κ2) is 11.2. The van der Waals surface area contributed by atoms with E-state index in [1.54, 1.807) is 39.0 Å². The van der Waals surface area contributed by atoms with Crippen molar-refractivity contribution in [1.29, 1.82) is 0 Å². The fourth-order valence-electron chi connectivity index (χ4n) is 3.56. The molecule has 10 nitrogen and oxygen atoms in total. The number of benzene rings is 2. The van der Waals surface area contributed by atoms with Crippen molar-refractivity contribution in [3.05, 3.63) is 47.0 Å². The van der Waals surface area contributed by atoms with E-state index in [9.17, 15) is 13.2 Å². The molecule has 0 spiro atoms. The van der Waals surface area contributed by atoms with E-state index in [1.807, 2.05) is 26.0 Å². The first-order chi connectivity index (χ1) is 16.9. The molecule has 0 aliphatic carbocycles. The number of rotatable bonds is 10. The molecule has 1 amide bonds. The Bertz CT molecular complexity index is 1330. The Morgan fingerprint density at radius 1 is 1.14 bits per heavy atom. The van der Waals surface area contributed by atoms with Crippen molar-refractivity contribution >= 4 is 32.9 Å². The summed E-state index contributed by atoms with van der Waals surface area (Å²) in [5.41, 5.74) is 2.32. The molecular formula is C25H33N3O7S. The van der Waals surface area contributed by atoms with Crippen LogP contribution in [0.2, 0.25) is 0 Å². The highest BCUT2D eigenvalue weighted by Crippen LogP contribution is 2.32. The van der Waals surface area contributed by atoms with Crippen molar-refractivity contribution in [2.45, 2.75) is 58.1 Å². The van der Waals surface area contributed by atoms with Crippen LogP contribution in [0.1, 0.15) is 44.4 Å². The molecule has 0 atom stereocenters. The zero-order chi connectivity index (χ0) is 26.5. The summed E-state index contributed by atoms with van der Waals surface area (Å²) in [7, 11) is -2.56. The van der Waals surface area contributed by atoms with Crippen LogP contribution in [-0.2, 0) is 32.5 Å². The number of nitrogens with zero attached hydrogens (tertiary/aromatic N) is 1. The number of carbonyl (C=O) groups is 1. The molecule has 0 bridgehead atoms. The van der Waals surface area contributed by atoms with Crippen LogP contribution < -0.4 is 14.8 Å². The summed E-state index contributed by atoms with van der Waals surface area (Å²) in [5, 5.41) is 7.14. The number of hydrogen-bond acceptors (Lipinski definition) is 8. The summed E-state index contributed by atoms with van der Waals surface area (Å²) in [6.07, 6.45) is 0.180. The molecule has 0 aliphatic heterocycles. The maximum absolute atomic E-state index is 13.2. The SMILES string of the molecule is CCc1ccc(OC)c(S(=O)(=O)Nc2noc3cc(COCCNC(=O)OC(C)(C)C)cc(C)c23)c1. The van der Waals surface area contributed by atoms with Crippen LogP contribution in [0.3, 0.4) is 0 Å². The zero-order valence-corrected chi connectivity index (χ0v) is 22.2. The van der Waals surface area contributed by atoms with Gasteiger partial charge < -0.3 is 24.1 Å². The van der Waals surface area contributed by atoms with Gasteiger partial charge in [-0.05, 0) is 69.0 Å². The van der Waals surface area contributed by atoms with Gasteiger partial charge in [-0.15, -0.1) is 0 Å². The van der Waals surface area contributed by atoms with Crippen molar-refractivity contribution in [3.63, 3.8) is 0 Å². The Labute approximate surface area is 211 Å². The molecule has 0 unspecified atom stereocenters. The number of fused-ring (bicyclic) bond motifs is 1. The Morgan fingerprint density at radius 3 is 2.56 bits per heavy atom. The predicted octanol–water partition coefficient (Wildman–Crippen LogP) is 4.55. The molecule has 0 fully saturated rings. The molecule has 0 aliphatic rings. The monoisotopic (exact) mass is 519 g/mol. The number of ether oxygens (including phenoxy) is 3. The minimum Gasteiger partial charge on any atom is -0.495 e. The number of aryl methyl sites for hydroxylation is 2. The fourth-order valence-corrected chi connectivity index (χ4v) is 4.79. The maximum atomic E-state index is 13.2. The Hall–Kier alpha value is -3.31. The zero-order valence-electron chi connectivity index (χ0n) is 21.4. The van der Waals surface area contributed by atoms with Gasteiger partial charge in [-0.2, -0.15) is 0 Å². The number of alkyl carbamates (subject to hydrolysis) is 1. The molecule has 0 saturated carbocycles. The molecule has 3 aromatic rings. The number of amides is 1. The fraction of sp³-hybridized carbons (Fsp3) is 0.440. The van der Waals surface area contributed by atoms with Crippen LogP contribution >= 0.6 is 0 Å². The second-order valence-corrected chi connectivity index (χ2v) is 10.9. The molecule has 1 heterocycles. The van der Waals surface area contributed by atoms with E-state index in [1.165, 1.54) is 7.11 Å². The molecule has 2 aromatic carbocycles. The molecule has 36 heavy (non-hydrogen) atoms. The Morgan fingerprint density at radius 2 is 1.89 bits per heavy atom. The van der Waals surface area contributed by atoms with Gasteiger partial charge in [-0.1, -0.05) is 24.2 Å². The summed E-state index contributed by atoms with van der Waals surface area (Å²) in [6.45, 7) is 10.0. The van der Waals surface area contributed by atoms with Gasteiger partial charge in [0.2, 0.25) is 0 Å². The molecule has 196 valence electrons. The van der Waals surface area contributed by atoms with Gasteiger partial charge in [0, 0.05) is 6.54 Å². The quantitative estimate of drug-likeness (QED) is 0.373. The van der Waals surface area contributed by atoms with Crippen LogP contribution in [0.25, 0.3) is 11.0 Å². The highest BCUT2D eigenvalue weighted by molar-refractivity contribution is 7.92. The number of hydrogen-bond donors (Lipinski definition) is 2. The number of aromatic nitrogens is 1. The van der Waals surface area contributed by atoms with Gasteiger partial charge in [-0.3, -0.25) is 4.72 Å². The normalized spacial score (nSPS) is 11.9. The number of nitrogens with one attached hydrogen (secondary N) is 2. The number of carbonyl (C=O) groups excluding carboxylic acids is 1. The van der Waals surface area contributed by atoms with E-state index < -0.39 is 21.7 Å². The average molecular weight is 520 g/mol. The first-order valence-corrected chi connectivity index (χ1v) is 13.0. The maximum Gasteiger partial charge on any atom is 0.407 e. The van der Waals surface area contributed by atoms with Gasteiger partial charge >= 0.3 is 6.09 Å². The van der Waals surface area contributed by atoms with Crippen molar-refractivity contribution in [3.8, 4) is 5.75 Å². The van der Waals surface area contributed by atoms with Crippen LogP contribution in [0.5, 0.6) is 5.75 Å². The molecular weight excluding hydrogens is 486 g/mol. The van der Waals surface area contributed by atoms with Gasteiger partial charge in [0.05, 0.1) is 25.7 Å². The van der Waals surface area contributed by atoms with Gasteiger partial charge in [0.15, 0.2) is 11.4 Å². The lowest BCUT2D eigenvalue weighted by molar-refractivity contribution is 0.0494. The van der Waals surface area contributed by atoms with Crippen LogP contribution in [-0.4, -0.2) is 45.5 Å². The molecule has 11 heteroatoms. The lowest BCUT2D eigenvalue weighted by Gasteiger charge is -2.19. The predicted molar refractivity (Wildman–Crippen MR) is 136 cm³/mol. The minimum absolute atomic E-state index is 0.0307. The highest BCUT2D eigenvalue weighted by Gasteiger charge is 2.24. The van der Waals surface area contributed by atoms with E-state index in [-0.39, 0.29) is 29.7 Å². The summed E-state index contributed by atoms with van der Waals surface area (Å²) in [4.78, 5) is 11.7. The lowest BCUT2D eigenvalue weighted by atomic mass is 10.1. The summed E-state index contributed by atoms with van der Waals surface area (Å²) < 4.78 is 50.4. The third-order valence-electron chi connectivity index (χ3n) is 5.17. The summed E-state index contributed by atoms with van der Waals surface area (Å²) in [5.74, 6) is 0.338. The van der Waals surface area contributed by atoms with E-state index in [4.69, 9.17) is 18.7 Å². The van der Waals surface area contributed by atoms with Crippen molar-refractivity contribution in [2.75, 3.05) is 25.0 Å². The van der Waals surface area contributed by atoms with Crippen molar-refractivity contribution < 1.29 is 31.9 Å². The average Bonchev–Trinajstić information content (AvgIpc) is 3.19. The van der Waals surface area contributed by atoms with E-state index >= 15 is 0 Å². The topological polar surface area (TPSA) is 129 Å². The summed E-state index contributed by atoms with van der Waals surface area (Å²) >= 11 is 0. The number of anilines is 1. The highest BCUT2D eigenvalue weighted by atomic mass is 32.2. The minimum atomic E-state index is -3.98. The largest absolute Gasteiger partial charge is 0.495 e. The second-order valence-electron chi connectivity index (χ2n) is 9.24. The Balaban J connectivity index is 1.69. The first kappa shape index (κ1) is 27.3. The van der Waals surface area contributed by atoms with Gasteiger partial charge in [-0.25, -0.2) is 13.2 Å². The Kier molecular flexibility index (Phi) is 8.47. The van der Waals surface area contributed by atoms with Gasteiger partial charge in [0.25, 0.3) is 10.0 Å². The van der Waals surface area contributed by atoms with E-state index in [0.29, 0.717) is 23.9 Å². The lowest BCUT2D eigenvalue weighted by Crippen LogP contribution is -2.34. The standard InChI is InChI=1S/C25H33N3O7S/c1-7-17-8-9-19(32-6)21(14-17)36(30,31)28-23-22-16(2)12-18(13-20(22)35-27-23)15-33-11-10-26-24(29)34-25(3,4)5/h8-9,12-14H,7,10-11,15H2,1-6H3,(H,26,29)(H,27,28). The number of sulfonamides is 1. The third kappa shape index (κ3) is 6.88. The van der Waals surface area contributed by atoms with Gasteiger partial charge in [0.1, 0.15) is 16.2 Å². The molecule has 1 aromatic heterocycles.